The number of carbonyl (C=O) groups is 2. The average Bonchev–Trinajstić information content (AvgIpc) is 3.36. The first kappa shape index (κ1) is 24.5. The highest BCUT2D eigenvalue weighted by Gasteiger charge is 2.21. The number of nitriles is 2. The molecule has 0 fully saturated rings. The van der Waals surface area contributed by atoms with Gasteiger partial charge in [-0.25, -0.2) is 14.3 Å². The topological polar surface area (TPSA) is 171 Å². The van der Waals surface area contributed by atoms with Crippen LogP contribution in [0.5, 0.6) is 0 Å². The Morgan fingerprint density at radius 1 is 0.973 bits per heavy atom. The average molecular weight is 492 g/mol. The molecule has 0 aliphatic rings. The number of aromatic carboxylic acids is 2. The van der Waals surface area contributed by atoms with E-state index in [1.54, 1.807) is 54.8 Å². The van der Waals surface area contributed by atoms with Gasteiger partial charge < -0.3 is 20.5 Å². The van der Waals surface area contributed by atoms with Crippen molar-refractivity contribution >= 4 is 29.4 Å². The van der Waals surface area contributed by atoms with Crippen LogP contribution in [0.15, 0.2) is 54.6 Å². The number of para-hydroxylation sites is 1. The third-order valence-corrected chi connectivity index (χ3v) is 5.85. The van der Waals surface area contributed by atoms with E-state index in [1.165, 1.54) is 16.8 Å². The molecule has 2 heterocycles. The molecule has 2 aromatic heterocycles. The van der Waals surface area contributed by atoms with Crippen LogP contribution in [0.2, 0.25) is 0 Å². The van der Waals surface area contributed by atoms with Crippen molar-refractivity contribution in [2.24, 2.45) is 0 Å². The number of allylic oxidation sites excluding steroid dienone is 1. The van der Waals surface area contributed by atoms with Crippen molar-refractivity contribution in [2.45, 2.75) is 13.8 Å². The monoisotopic (exact) mass is 492 g/mol. The van der Waals surface area contributed by atoms with Crippen LogP contribution in [0.1, 0.15) is 48.9 Å². The summed E-state index contributed by atoms with van der Waals surface area (Å²) in [6.07, 6.45) is 1.57. The van der Waals surface area contributed by atoms with Crippen LogP contribution in [0.3, 0.4) is 0 Å². The first-order valence-electron chi connectivity index (χ1n) is 10.9. The largest absolute Gasteiger partial charge is 0.478 e. The molecule has 10 nitrogen and oxygen atoms in total. The summed E-state index contributed by atoms with van der Waals surface area (Å²) in [4.78, 5) is 23.1. The zero-order valence-electron chi connectivity index (χ0n) is 19.8. The van der Waals surface area contributed by atoms with Crippen LogP contribution in [0, 0.1) is 36.5 Å². The van der Waals surface area contributed by atoms with E-state index in [0.717, 1.165) is 6.07 Å². The van der Waals surface area contributed by atoms with E-state index >= 15 is 0 Å². The zero-order chi connectivity index (χ0) is 26.9. The van der Waals surface area contributed by atoms with Crippen LogP contribution in [0.4, 0.5) is 5.82 Å². The number of aromatic nitrogens is 3. The lowest BCUT2D eigenvalue weighted by Crippen LogP contribution is -2.07. The molecule has 182 valence electrons. The Kier molecular flexibility index (Phi) is 6.34. The third-order valence-electron chi connectivity index (χ3n) is 5.85. The third kappa shape index (κ3) is 4.43. The van der Waals surface area contributed by atoms with Gasteiger partial charge in [0.15, 0.2) is 0 Å². The summed E-state index contributed by atoms with van der Waals surface area (Å²) in [6.45, 7) is 3.52. The number of carboxylic acid groups (broad SMARTS) is 2. The van der Waals surface area contributed by atoms with Crippen LogP contribution >= 0.6 is 0 Å². The molecule has 0 radical (unpaired) electrons. The summed E-state index contributed by atoms with van der Waals surface area (Å²) in [5, 5.41) is 43.0. The predicted molar refractivity (Wildman–Crippen MR) is 135 cm³/mol. The van der Waals surface area contributed by atoms with Crippen molar-refractivity contribution in [3.05, 3.63) is 93.9 Å². The van der Waals surface area contributed by atoms with Gasteiger partial charge in [-0.05, 0) is 61.9 Å². The number of carboxylic acids is 2. The van der Waals surface area contributed by atoms with Crippen LogP contribution in [-0.2, 0) is 0 Å². The fraction of sp³-hybridized carbons (Fsp3) is 0.0741. The van der Waals surface area contributed by atoms with Crippen molar-refractivity contribution in [3.63, 3.8) is 0 Å². The number of hydrogen-bond acceptors (Lipinski definition) is 6. The summed E-state index contributed by atoms with van der Waals surface area (Å²) >= 11 is 0. The van der Waals surface area contributed by atoms with Gasteiger partial charge in [-0.2, -0.15) is 15.6 Å². The second kappa shape index (κ2) is 9.56. The van der Waals surface area contributed by atoms with Crippen molar-refractivity contribution in [2.75, 3.05) is 5.73 Å². The summed E-state index contributed by atoms with van der Waals surface area (Å²) in [6, 6.07) is 18.7. The number of aryl methyl sites for hydroxylation is 1. The van der Waals surface area contributed by atoms with E-state index in [-0.39, 0.29) is 33.8 Å². The number of rotatable bonds is 6. The molecular formula is C27H20N6O4. The zero-order valence-corrected chi connectivity index (χ0v) is 19.8. The number of hydrogen-bond donors (Lipinski definition) is 3. The van der Waals surface area contributed by atoms with Gasteiger partial charge in [0.25, 0.3) is 0 Å². The van der Waals surface area contributed by atoms with Gasteiger partial charge in [0.1, 0.15) is 29.2 Å². The highest BCUT2D eigenvalue weighted by atomic mass is 16.4. The van der Waals surface area contributed by atoms with E-state index in [2.05, 4.69) is 11.2 Å². The smallest absolute Gasteiger partial charge is 0.335 e. The molecule has 0 spiro atoms. The summed E-state index contributed by atoms with van der Waals surface area (Å²) < 4.78 is 3.09. The van der Waals surface area contributed by atoms with Gasteiger partial charge in [-0.3, -0.25) is 0 Å². The minimum atomic E-state index is -1.26. The highest BCUT2D eigenvalue weighted by molar-refractivity contribution is 5.95. The molecule has 2 aromatic carbocycles. The van der Waals surface area contributed by atoms with Gasteiger partial charge in [0.05, 0.1) is 22.4 Å². The van der Waals surface area contributed by atoms with Gasteiger partial charge in [-0.1, -0.05) is 18.2 Å². The Morgan fingerprint density at radius 3 is 2.14 bits per heavy atom. The molecule has 4 aromatic rings. The highest BCUT2D eigenvalue weighted by Crippen LogP contribution is 2.30. The Labute approximate surface area is 211 Å². The molecule has 4 N–H and O–H groups in total. The number of nitrogens with two attached hydrogens (primary N) is 1. The van der Waals surface area contributed by atoms with E-state index in [9.17, 15) is 30.3 Å². The molecule has 0 saturated carbocycles. The Bertz CT molecular complexity index is 1650. The first-order valence-corrected chi connectivity index (χ1v) is 10.9. The Balaban J connectivity index is 1.87. The molecule has 0 aliphatic heterocycles. The molecule has 0 saturated heterocycles. The second-order valence-corrected chi connectivity index (χ2v) is 8.18. The molecule has 0 atom stereocenters. The van der Waals surface area contributed by atoms with E-state index in [0.29, 0.717) is 28.3 Å². The molecular weight excluding hydrogens is 472 g/mol. The number of nitrogen functional groups attached to an aromatic ring is 1. The van der Waals surface area contributed by atoms with Gasteiger partial charge >= 0.3 is 11.9 Å². The standard InChI is InChI=1S/C27H20N6O4/c1-15-8-17(16(2)32(15)22-11-18(26(34)35)10-19(12-22)27(36)37)9-20(13-28)24-23(14-29)25(30)33(31-24)21-6-4-3-5-7-21/h3-12H,30H2,1-2H3,(H,34,35)(H,36,37)/b20-9-. The minimum Gasteiger partial charge on any atom is -0.478 e. The normalized spacial score (nSPS) is 11.1. The van der Waals surface area contributed by atoms with Gasteiger partial charge in [0, 0.05) is 17.1 Å². The minimum absolute atomic E-state index is 0.0609. The number of anilines is 1. The Hall–Kier alpha value is -5.61. The quantitative estimate of drug-likeness (QED) is 0.336. The number of benzene rings is 2. The molecule has 0 unspecified atom stereocenters. The molecule has 10 heteroatoms. The van der Waals surface area contributed by atoms with Gasteiger partial charge in [-0.15, -0.1) is 0 Å². The summed E-state index contributed by atoms with van der Waals surface area (Å²) in [5.74, 6) is -2.41. The maximum absolute atomic E-state index is 11.6. The first-order chi connectivity index (χ1) is 17.7. The van der Waals surface area contributed by atoms with E-state index in [4.69, 9.17) is 5.73 Å². The van der Waals surface area contributed by atoms with Crippen LogP contribution in [0.25, 0.3) is 23.0 Å². The molecule has 0 bridgehead atoms. The lowest BCUT2D eigenvalue weighted by Gasteiger charge is -2.12. The van der Waals surface area contributed by atoms with Crippen LogP contribution < -0.4 is 5.73 Å². The van der Waals surface area contributed by atoms with Crippen molar-refractivity contribution in [1.29, 1.82) is 10.5 Å². The van der Waals surface area contributed by atoms with Crippen LogP contribution in [-0.4, -0.2) is 36.5 Å². The van der Waals surface area contributed by atoms with E-state index in [1.807, 2.05) is 12.1 Å². The lowest BCUT2D eigenvalue weighted by molar-refractivity contribution is 0.0696. The SMILES string of the molecule is Cc1cc(/C=C(/C#N)c2nn(-c3ccccc3)c(N)c2C#N)c(C)n1-c1cc(C(=O)O)cc(C(=O)O)c1. The Morgan fingerprint density at radius 2 is 1.59 bits per heavy atom. The maximum Gasteiger partial charge on any atom is 0.335 e. The number of nitrogens with zero attached hydrogens (tertiary/aromatic N) is 5. The molecule has 4 rings (SSSR count). The van der Waals surface area contributed by atoms with Crippen molar-refractivity contribution in [3.8, 4) is 23.5 Å². The summed E-state index contributed by atoms with van der Waals surface area (Å²) in [5.41, 5.74) is 9.01. The molecule has 0 amide bonds. The summed E-state index contributed by atoms with van der Waals surface area (Å²) in [7, 11) is 0. The van der Waals surface area contributed by atoms with Crippen molar-refractivity contribution < 1.29 is 19.8 Å². The van der Waals surface area contributed by atoms with Gasteiger partial charge in [0.2, 0.25) is 0 Å². The molecule has 37 heavy (non-hydrogen) atoms. The lowest BCUT2D eigenvalue weighted by atomic mass is 10.1. The molecule has 0 aliphatic carbocycles. The predicted octanol–water partition coefficient (Wildman–Crippen LogP) is 4.19. The van der Waals surface area contributed by atoms with Crippen molar-refractivity contribution in [1.82, 2.24) is 14.3 Å². The fourth-order valence-corrected chi connectivity index (χ4v) is 4.12. The fourth-order valence-electron chi connectivity index (χ4n) is 4.12. The second-order valence-electron chi connectivity index (χ2n) is 8.18. The maximum atomic E-state index is 11.6. The van der Waals surface area contributed by atoms with E-state index < -0.39 is 11.9 Å².